The van der Waals surface area contributed by atoms with E-state index < -0.39 is 58.7 Å². The largest absolute Gasteiger partial charge is 0.504 e. The molecule has 0 amide bonds. The van der Waals surface area contributed by atoms with Gasteiger partial charge in [0, 0.05) is 10.9 Å². The minimum atomic E-state index is -1.71. The first-order valence-electron chi connectivity index (χ1n) is 6.81. The molecule has 0 radical (unpaired) electrons. The number of ether oxygens (including phenoxy) is 2. The number of aromatic hydroxyl groups is 2. The molecule has 1 aliphatic rings. The highest BCUT2D eigenvalue weighted by atomic mass is 16.6. The molecular formula is C15H10O10. The maximum atomic E-state index is 12.2. The number of rotatable bonds is 3. The van der Waals surface area contributed by atoms with Crippen molar-refractivity contribution in [2.45, 2.75) is 12.5 Å². The van der Waals surface area contributed by atoms with Crippen LogP contribution < -0.4 is 5.63 Å². The highest BCUT2D eigenvalue weighted by Gasteiger charge is 2.40. The average Bonchev–Trinajstić information content (AvgIpc) is 2.55. The van der Waals surface area contributed by atoms with Gasteiger partial charge in [-0.2, -0.15) is 0 Å². The Balaban J connectivity index is 2.52. The molecule has 1 aromatic heterocycles. The van der Waals surface area contributed by atoms with Crippen LogP contribution in [0.1, 0.15) is 27.6 Å². The van der Waals surface area contributed by atoms with Crippen molar-refractivity contribution >= 4 is 28.9 Å². The molecule has 0 unspecified atom stereocenters. The fourth-order valence-corrected chi connectivity index (χ4v) is 2.69. The smallest absolute Gasteiger partial charge is 0.352 e. The summed E-state index contributed by atoms with van der Waals surface area (Å²) in [7, 11) is 1.01. The summed E-state index contributed by atoms with van der Waals surface area (Å²) >= 11 is 0. The predicted octanol–water partition coefficient (Wildman–Crippen LogP) is 0.216. The number of carboxylic acids is 1. The summed E-state index contributed by atoms with van der Waals surface area (Å²) in [5, 5.41) is 28.4. The lowest BCUT2D eigenvalue weighted by molar-refractivity contribution is -0.151. The molecule has 1 aliphatic heterocycles. The number of phenols is 2. The van der Waals surface area contributed by atoms with Crippen LogP contribution in [0.15, 0.2) is 15.3 Å². The van der Waals surface area contributed by atoms with Crippen LogP contribution in [-0.4, -0.2) is 40.3 Å². The molecule has 1 atom stereocenters. The SMILES string of the molecule is COC(=O)[C@@H]1OC(=O)c2cc(O)c(O)c3oc(=O)c(CC(=O)O)c1c23. The van der Waals surface area contributed by atoms with E-state index in [0.717, 1.165) is 13.2 Å². The summed E-state index contributed by atoms with van der Waals surface area (Å²) in [6, 6.07) is 0.863. The first kappa shape index (κ1) is 16.3. The van der Waals surface area contributed by atoms with Crippen LogP contribution in [0.5, 0.6) is 11.5 Å². The number of phenolic OH excluding ortho intramolecular Hbond substituents is 2. The molecule has 0 saturated heterocycles. The van der Waals surface area contributed by atoms with Gasteiger partial charge in [0.05, 0.1) is 24.7 Å². The monoisotopic (exact) mass is 350 g/mol. The van der Waals surface area contributed by atoms with E-state index in [9.17, 15) is 29.4 Å². The fraction of sp³-hybridized carbons (Fsp3) is 0.200. The zero-order valence-corrected chi connectivity index (χ0v) is 12.6. The molecule has 0 bridgehead atoms. The van der Waals surface area contributed by atoms with Crippen LogP contribution in [0.3, 0.4) is 0 Å². The van der Waals surface area contributed by atoms with Crippen LogP contribution in [-0.2, 0) is 25.5 Å². The first-order valence-corrected chi connectivity index (χ1v) is 6.81. The Bertz CT molecular complexity index is 1000. The lowest BCUT2D eigenvalue weighted by Crippen LogP contribution is -2.30. The topological polar surface area (TPSA) is 161 Å². The number of hydrogen-bond donors (Lipinski definition) is 3. The van der Waals surface area contributed by atoms with Crippen molar-refractivity contribution in [2.24, 2.45) is 0 Å². The van der Waals surface area contributed by atoms with Gasteiger partial charge in [-0.1, -0.05) is 0 Å². The number of carbonyl (C=O) groups excluding carboxylic acids is 2. The highest BCUT2D eigenvalue weighted by Crippen LogP contribution is 2.43. The van der Waals surface area contributed by atoms with Crippen molar-refractivity contribution in [3.8, 4) is 11.5 Å². The van der Waals surface area contributed by atoms with Crippen molar-refractivity contribution in [2.75, 3.05) is 7.11 Å². The quantitative estimate of drug-likeness (QED) is 0.396. The minimum absolute atomic E-state index is 0.196. The number of carbonyl (C=O) groups is 3. The summed E-state index contributed by atoms with van der Waals surface area (Å²) in [6.45, 7) is 0. The maximum Gasteiger partial charge on any atom is 0.352 e. The molecule has 0 aliphatic carbocycles. The molecule has 10 nitrogen and oxygen atoms in total. The Hall–Kier alpha value is -3.56. The highest BCUT2D eigenvalue weighted by molar-refractivity contribution is 6.11. The fourth-order valence-electron chi connectivity index (χ4n) is 2.69. The van der Waals surface area contributed by atoms with Crippen molar-refractivity contribution in [1.82, 2.24) is 0 Å². The Kier molecular flexibility index (Phi) is 3.59. The standard InChI is InChI=1S/C15H10O10/c1-23-15(22)12-9-5(3-7(17)18)14(21)24-11-8(9)4(13(20)25-12)2-6(16)10(11)19/h2,12,16,19H,3H2,1H3,(H,17,18)/t12-/m1/s1. The van der Waals surface area contributed by atoms with Gasteiger partial charge >= 0.3 is 23.5 Å². The molecule has 0 fully saturated rings. The number of aliphatic carboxylic acids is 1. The van der Waals surface area contributed by atoms with Gasteiger partial charge in [0.1, 0.15) is 0 Å². The molecule has 0 spiro atoms. The summed E-state index contributed by atoms with van der Waals surface area (Å²) in [5.41, 5.74) is -2.71. The molecule has 25 heavy (non-hydrogen) atoms. The van der Waals surface area contributed by atoms with E-state index in [1.54, 1.807) is 0 Å². The van der Waals surface area contributed by atoms with Gasteiger partial charge in [-0.15, -0.1) is 0 Å². The molecular weight excluding hydrogens is 340 g/mol. The zero-order chi connectivity index (χ0) is 18.5. The molecule has 0 saturated carbocycles. The Morgan fingerprint density at radius 1 is 1.28 bits per heavy atom. The molecule has 2 aromatic rings. The van der Waals surface area contributed by atoms with Crippen molar-refractivity contribution in [3.63, 3.8) is 0 Å². The van der Waals surface area contributed by atoms with E-state index in [2.05, 4.69) is 4.74 Å². The summed E-state index contributed by atoms with van der Waals surface area (Å²) in [4.78, 5) is 47.3. The predicted molar refractivity (Wildman–Crippen MR) is 77.3 cm³/mol. The second kappa shape index (κ2) is 5.51. The number of methoxy groups -OCH3 is 1. The van der Waals surface area contributed by atoms with Gasteiger partial charge in [-0.05, 0) is 6.07 Å². The normalized spacial score (nSPS) is 15.7. The van der Waals surface area contributed by atoms with Crippen LogP contribution in [0, 0.1) is 0 Å². The second-order valence-electron chi connectivity index (χ2n) is 5.16. The number of esters is 2. The van der Waals surface area contributed by atoms with E-state index in [1.165, 1.54) is 0 Å². The third-order valence-corrected chi connectivity index (χ3v) is 3.72. The summed E-state index contributed by atoms with van der Waals surface area (Å²) < 4.78 is 14.4. The summed E-state index contributed by atoms with van der Waals surface area (Å²) in [6.07, 6.45) is -2.53. The molecule has 3 N–H and O–H groups in total. The lowest BCUT2D eigenvalue weighted by atomic mass is 9.91. The van der Waals surface area contributed by atoms with E-state index in [4.69, 9.17) is 14.3 Å². The van der Waals surface area contributed by atoms with E-state index >= 15 is 0 Å². The molecule has 130 valence electrons. The molecule has 2 heterocycles. The summed E-state index contributed by atoms with van der Waals surface area (Å²) in [5.74, 6) is -5.08. The van der Waals surface area contributed by atoms with Crippen LogP contribution in [0.25, 0.3) is 11.0 Å². The Labute approximate surface area is 137 Å². The van der Waals surface area contributed by atoms with Crippen LogP contribution >= 0.6 is 0 Å². The Morgan fingerprint density at radius 2 is 1.96 bits per heavy atom. The first-order chi connectivity index (χ1) is 11.8. The third-order valence-electron chi connectivity index (χ3n) is 3.72. The maximum absolute atomic E-state index is 12.2. The van der Waals surface area contributed by atoms with E-state index in [1.807, 2.05) is 0 Å². The zero-order valence-electron chi connectivity index (χ0n) is 12.6. The number of hydrogen-bond acceptors (Lipinski definition) is 9. The van der Waals surface area contributed by atoms with Gasteiger partial charge in [0.2, 0.25) is 11.9 Å². The van der Waals surface area contributed by atoms with Gasteiger partial charge in [0.15, 0.2) is 11.3 Å². The van der Waals surface area contributed by atoms with Crippen LogP contribution in [0.4, 0.5) is 0 Å². The van der Waals surface area contributed by atoms with Crippen molar-refractivity contribution in [1.29, 1.82) is 0 Å². The lowest BCUT2D eigenvalue weighted by Gasteiger charge is -2.25. The van der Waals surface area contributed by atoms with E-state index in [-0.39, 0.29) is 16.5 Å². The second-order valence-corrected chi connectivity index (χ2v) is 5.16. The third kappa shape index (κ3) is 2.35. The van der Waals surface area contributed by atoms with Gasteiger partial charge in [-0.3, -0.25) is 4.79 Å². The van der Waals surface area contributed by atoms with Gasteiger partial charge < -0.3 is 29.2 Å². The average molecular weight is 350 g/mol. The van der Waals surface area contributed by atoms with E-state index in [0.29, 0.717) is 0 Å². The van der Waals surface area contributed by atoms with Crippen molar-refractivity contribution in [3.05, 3.63) is 33.2 Å². The molecule has 1 aromatic carbocycles. The van der Waals surface area contributed by atoms with Crippen molar-refractivity contribution < 1.29 is 43.6 Å². The Morgan fingerprint density at radius 3 is 2.56 bits per heavy atom. The minimum Gasteiger partial charge on any atom is -0.504 e. The number of benzene rings is 1. The molecule has 10 heteroatoms. The van der Waals surface area contributed by atoms with Crippen LogP contribution in [0.2, 0.25) is 0 Å². The number of carboxylic acid groups (broad SMARTS) is 1. The molecule has 3 rings (SSSR count). The van der Waals surface area contributed by atoms with Gasteiger partial charge in [-0.25, -0.2) is 14.4 Å². The number of cyclic esters (lactones) is 1. The van der Waals surface area contributed by atoms with Gasteiger partial charge in [0.25, 0.3) is 0 Å².